The molecule has 0 aliphatic carbocycles. The number of rotatable bonds is 10. The van der Waals surface area contributed by atoms with Gasteiger partial charge in [0.05, 0.1) is 0 Å². The fraction of sp³-hybridized carbons (Fsp3) is 0.556. The molecule has 0 aromatic rings. The van der Waals surface area contributed by atoms with Crippen LogP contribution in [0.15, 0.2) is 34.9 Å². The second-order valence-corrected chi connectivity index (χ2v) is 5.95. The van der Waals surface area contributed by atoms with Crippen LogP contribution in [-0.4, -0.2) is 22.9 Å². The van der Waals surface area contributed by atoms with Crippen molar-refractivity contribution in [3.8, 4) is 0 Å². The van der Waals surface area contributed by atoms with E-state index in [0.717, 1.165) is 31.3 Å². The SMILES string of the molecule is CC(C)=CCCC(C)=CCCC(C)=CCC(=O)C(N)C(=O)O. The van der Waals surface area contributed by atoms with Crippen molar-refractivity contribution in [1.82, 2.24) is 0 Å². The Morgan fingerprint density at radius 1 is 0.955 bits per heavy atom. The van der Waals surface area contributed by atoms with E-state index in [4.69, 9.17) is 10.8 Å². The van der Waals surface area contributed by atoms with Crippen LogP contribution in [-0.2, 0) is 9.59 Å². The molecule has 124 valence electrons. The molecule has 0 saturated carbocycles. The fourth-order valence-electron chi connectivity index (χ4n) is 1.88. The van der Waals surface area contributed by atoms with Gasteiger partial charge in [-0.25, -0.2) is 0 Å². The van der Waals surface area contributed by atoms with Gasteiger partial charge in [0.15, 0.2) is 11.8 Å². The number of Topliss-reactive ketones (excluding diaryl/α,β-unsaturated/α-hetero) is 1. The lowest BCUT2D eigenvalue weighted by atomic mass is 10.0. The van der Waals surface area contributed by atoms with Crippen LogP contribution in [0.3, 0.4) is 0 Å². The Morgan fingerprint density at radius 3 is 1.95 bits per heavy atom. The molecule has 0 aromatic heterocycles. The average Bonchev–Trinajstić information content (AvgIpc) is 2.43. The molecule has 0 spiro atoms. The first-order chi connectivity index (χ1) is 10.2. The molecule has 4 heteroatoms. The molecular weight excluding hydrogens is 278 g/mol. The Hall–Kier alpha value is -1.68. The molecule has 0 amide bonds. The summed E-state index contributed by atoms with van der Waals surface area (Å²) in [5.41, 5.74) is 9.06. The molecule has 0 rings (SSSR count). The highest BCUT2D eigenvalue weighted by atomic mass is 16.4. The van der Waals surface area contributed by atoms with Gasteiger partial charge in [-0.05, 0) is 53.4 Å². The van der Waals surface area contributed by atoms with Gasteiger partial charge in [-0.1, -0.05) is 34.9 Å². The van der Waals surface area contributed by atoms with E-state index in [0.29, 0.717) is 0 Å². The topological polar surface area (TPSA) is 80.4 Å². The zero-order valence-corrected chi connectivity index (χ0v) is 14.2. The predicted molar refractivity (Wildman–Crippen MR) is 90.6 cm³/mol. The summed E-state index contributed by atoms with van der Waals surface area (Å²) in [6, 6.07) is -1.42. The molecule has 4 nitrogen and oxygen atoms in total. The molecule has 3 N–H and O–H groups in total. The van der Waals surface area contributed by atoms with Gasteiger partial charge in [0.25, 0.3) is 0 Å². The summed E-state index contributed by atoms with van der Waals surface area (Å²) in [7, 11) is 0. The summed E-state index contributed by atoms with van der Waals surface area (Å²) in [4.78, 5) is 22.1. The summed E-state index contributed by atoms with van der Waals surface area (Å²) in [5.74, 6) is -1.73. The van der Waals surface area contributed by atoms with Crippen LogP contribution in [0.2, 0.25) is 0 Å². The van der Waals surface area contributed by atoms with Crippen LogP contribution in [0.1, 0.15) is 59.8 Å². The highest BCUT2D eigenvalue weighted by Gasteiger charge is 2.19. The number of allylic oxidation sites excluding steroid dienone is 6. The van der Waals surface area contributed by atoms with E-state index in [1.165, 1.54) is 11.1 Å². The molecule has 1 atom stereocenters. The maximum Gasteiger partial charge on any atom is 0.328 e. The van der Waals surface area contributed by atoms with Crippen LogP contribution >= 0.6 is 0 Å². The van der Waals surface area contributed by atoms with Gasteiger partial charge in [-0.15, -0.1) is 0 Å². The van der Waals surface area contributed by atoms with Crippen LogP contribution in [0.25, 0.3) is 0 Å². The van der Waals surface area contributed by atoms with E-state index < -0.39 is 17.8 Å². The predicted octanol–water partition coefficient (Wildman–Crippen LogP) is 3.78. The molecule has 0 radical (unpaired) electrons. The van der Waals surface area contributed by atoms with Crippen molar-refractivity contribution in [2.75, 3.05) is 0 Å². The first-order valence-electron chi connectivity index (χ1n) is 7.69. The molecule has 0 saturated heterocycles. The summed E-state index contributed by atoms with van der Waals surface area (Å²) in [6.07, 6.45) is 10.3. The number of carboxylic acids is 1. The van der Waals surface area contributed by atoms with Crippen LogP contribution in [0.4, 0.5) is 0 Å². The van der Waals surface area contributed by atoms with Crippen molar-refractivity contribution in [1.29, 1.82) is 0 Å². The van der Waals surface area contributed by atoms with Gasteiger partial charge in [0.2, 0.25) is 0 Å². The summed E-state index contributed by atoms with van der Waals surface area (Å²) in [6.45, 7) is 8.29. The average molecular weight is 307 g/mol. The first kappa shape index (κ1) is 20.3. The van der Waals surface area contributed by atoms with Crippen LogP contribution in [0.5, 0.6) is 0 Å². The Kier molecular flexibility index (Phi) is 10.1. The number of nitrogens with two attached hydrogens (primary N) is 1. The Bertz CT molecular complexity index is 469. The Balaban J connectivity index is 4.14. The van der Waals surface area contributed by atoms with Gasteiger partial charge < -0.3 is 10.8 Å². The fourth-order valence-corrected chi connectivity index (χ4v) is 1.88. The molecule has 0 aliphatic rings. The van der Waals surface area contributed by atoms with Crippen molar-refractivity contribution < 1.29 is 14.7 Å². The second-order valence-electron chi connectivity index (χ2n) is 5.95. The molecule has 0 bridgehead atoms. The molecule has 0 heterocycles. The number of carbonyl (C=O) groups is 2. The van der Waals surface area contributed by atoms with Crippen molar-refractivity contribution >= 4 is 11.8 Å². The largest absolute Gasteiger partial charge is 0.480 e. The van der Waals surface area contributed by atoms with Crippen LogP contribution in [0, 0.1) is 0 Å². The summed E-state index contributed by atoms with van der Waals surface area (Å²) < 4.78 is 0. The second kappa shape index (κ2) is 11.0. The van der Waals surface area contributed by atoms with Gasteiger partial charge >= 0.3 is 5.97 Å². The van der Waals surface area contributed by atoms with Crippen molar-refractivity contribution in [3.63, 3.8) is 0 Å². The molecule has 1 unspecified atom stereocenters. The third-order valence-electron chi connectivity index (χ3n) is 3.39. The van der Waals surface area contributed by atoms with Crippen molar-refractivity contribution in [2.45, 2.75) is 65.8 Å². The minimum atomic E-state index is -1.42. The summed E-state index contributed by atoms with van der Waals surface area (Å²) >= 11 is 0. The lowest BCUT2D eigenvalue weighted by Crippen LogP contribution is -2.38. The molecule has 22 heavy (non-hydrogen) atoms. The number of carboxylic acid groups (broad SMARTS) is 1. The zero-order chi connectivity index (χ0) is 17.1. The highest BCUT2D eigenvalue weighted by Crippen LogP contribution is 2.12. The standard InChI is InChI=1S/C18H29NO3/c1-13(2)7-5-8-14(3)9-6-10-15(4)11-12-16(20)17(19)18(21)22/h7,9,11,17H,5-6,8,10,12,19H2,1-4H3,(H,21,22). The van der Waals surface area contributed by atoms with E-state index in [1.807, 2.05) is 6.92 Å². The quantitative estimate of drug-likeness (QED) is 0.475. The normalized spacial score (nSPS) is 13.7. The monoisotopic (exact) mass is 307 g/mol. The number of aliphatic carboxylic acids is 1. The van der Waals surface area contributed by atoms with Gasteiger partial charge in [0.1, 0.15) is 0 Å². The maximum absolute atomic E-state index is 11.5. The third kappa shape index (κ3) is 10.1. The van der Waals surface area contributed by atoms with Crippen molar-refractivity contribution in [3.05, 3.63) is 34.9 Å². The maximum atomic E-state index is 11.5. The van der Waals surface area contributed by atoms with E-state index in [1.54, 1.807) is 6.08 Å². The van der Waals surface area contributed by atoms with E-state index in [2.05, 4.69) is 32.9 Å². The molecular formula is C18H29NO3. The molecule has 0 aliphatic heterocycles. The van der Waals surface area contributed by atoms with Gasteiger partial charge in [-0.3, -0.25) is 9.59 Å². The lowest BCUT2D eigenvalue weighted by molar-refractivity contribution is -0.142. The minimum Gasteiger partial charge on any atom is -0.480 e. The molecule has 0 aromatic carbocycles. The Labute approximate surface area is 133 Å². The number of carbonyl (C=O) groups excluding carboxylic acids is 1. The van der Waals surface area contributed by atoms with E-state index in [9.17, 15) is 9.59 Å². The minimum absolute atomic E-state index is 0.0859. The number of hydrogen-bond donors (Lipinski definition) is 2. The smallest absolute Gasteiger partial charge is 0.328 e. The first-order valence-corrected chi connectivity index (χ1v) is 7.69. The Morgan fingerprint density at radius 2 is 1.45 bits per heavy atom. The van der Waals surface area contributed by atoms with Gasteiger partial charge in [-0.2, -0.15) is 0 Å². The highest BCUT2D eigenvalue weighted by molar-refractivity contribution is 6.02. The van der Waals surface area contributed by atoms with Crippen LogP contribution < -0.4 is 5.73 Å². The van der Waals surface area contributed by atoms with Gasteiger partial charge in [0, 0.05) is 6.42 Å². The van der Waals surface area contributed by atoms with E-state index in [-0.39, 0.29) is 6.42 Å². The zero-order valence-electron chi connectivity index (χ0n) is 14.2. The lowest BCUT2D eigenvalue weighted by Gasteiger charge is -2.04. The number of ketones is 1. The summed E-state index contributed by atoms with van der Waals surface area (Å²) in [5, 5.41) is 8.65. The van der Waals surface area contributed by atoms with Crippen molar-refractivity contribution in [2.24, 2.45) is 5.73 Å². The number of hydrogen-bond acceptors (Lipinski definition) is 3. The molecule has 0 fully saturated rings. The third-order valence-corrected chi connectivity index (χ3v) is 3.39. The van der Waals surface area contributed by atoms with E-state index >= 15 is 0 Å².